The molecule has 0 aliphatic carbocycles. The Bertz CT molecular complexity index is 744. The highest BCUT2D eigenvalue weighted by molar-refractivity contribution is 14.0. The van der Waals surface area contributed by atoms with Crippen molar-refractivity contribution in [2.75, 3.05) is 39.9 Å². The molecule has 1 amide bonds. The Hall–Kier alpha value is -1.39. The number of benzene rings is 1. The molecule has 186 valence electrons. The van der Waals surface area contributed by atoms with Crippen molar-refractivity contribution >= 4 is 35.8 Å². The highest BCUT2D eigenvalue weighted by atomic mass is 127. The first-order valence-corrected chi connectivity index (χ1v) is 12.1. The van der Waals surface area contributed by atoms with Crippen LogP contribution in [0.5, 0.6) is 0 Å². The van der Waals surface area contributed by atoms with Gasteiger partial charge in [-0.25, -0.2) is 0 Å². The number of guanidine groups is 1. The van der Waals surface area contributed by atoms with Crippen LogP contribution in [-0.2, 0) is 9.53 Å². The number of rotatable bonds is 7. The van der Waals surface area contributed by atoms with E-state index in [-0.39, 0.29) is 47.4 Å². The lowest BCUT2D eigenvalue weighted by Crippen LogP contribution is -2.59. The summed E-state index contributed by atoms with van der Waals surface area (Å²) in [6.07, 6.45) is 3.82. The van der Waals surface area contributed by atoms with Gasteiger partial charge in [-0.3, -0.25) is 9.79 Å². The van der Waals surface area contributed by atoms with Gasteiger partial charge in [-0.1, -0.05) is 44.2 Å². The van der Waals surface area contributed by atoms with Crippen molar-refractivity contribution in [3.05, 3.63) is 35.9 Å². The number of nitrogens with one attached hydrogen (secondary N) is 3. The van der Waals surface area contributed by atoms with Gasteiger partial charge in [0.25, 0.3) is 0 Å². The molecule has 2 saturated heterocycles. The van der Waals surface area contributed by atoms with Crippen molar-refractivity contribution in [1.82, 2.24) is 20.9 Å². The van der Waals surface area contributed by atoms with Crippen LogP contribution in [0.25, 0.3) is 0 Å². The SMILES string of the molecule is CN=C(NCC1(NC(C)c2ccccc2)CCOCC1)NC1CCN(C(=O)C(C)C)CC1.I. The molecule has 0 spiro atoms. The molecule has 1 atom stereocenters. The molecule has 3 N–H and O–H groups in total. The van der Waals surface area contributed by atoms with E-state index in [9.17, 15) is 4.79 Å². The fraction of sp³-hybridized carbons (Fsp3) is 0.680. The summed E-state index contributed by atoms with van der Waals surface area (Å²) >= 11 is 0. The van der Waals surface area contributed by atoms with Crippen molar-refractivity contribution < 1.29 is 9.53 Å². The summed E-state index contributed by atoms with van der Waals surface area (Å²) in [6, 6.07) is 11.2. The smallest absolute Gasteiger partial charge is 0.225 e. The molecule has 0 radical (unpaired) electrons. The number of piperidine rings is 1. The van der Waals surface area contributed by atoms with Crippen LogP contribution >= 0.6 is 24.0 Å². The molecule has 7 nitrogen and oxygen atoms in total. The average Bonchev–Trinajstić information content (AvgIpc) is 2.82. The van der Waals surface area contributed by atoms with Gasteiger partial charge < -0.3 is 25.6 Å². The van der Waals surface area contributed by atoms with E-state index in [0.717, 1.165) is 64.5 Å². The van der Waals surface area contributed by atoms with Crippen LogP contribution in [0.4, 0.5) is 0 Å². The second-order valence-electron chi connectivity index (χ2n) is 9.49. The van der Waals surface area contributed by atoms with Crippen molar-refractivity contribution in [2.24, 2.45) is 10.9 Å². The zero-order chi connectivity index (χ0) is 23.0. The molecule has 1 unspecified atom stereocenters. The van der Waals surface area contributed by atoms with Crippen molar-refractivity contribution in [3.63, 3.8) is 0 Å². The predicted octanol–water partition coefficient (Wildman–Crippen LogP) is 3.32. The average molecular weight is 572 g/mol. The van der Waals surface area contributed by atoms with Gasteiger partial charge in [0.2, 0.25) is 5.91 Å². The van der Waals surface area contributed by atoms with Crippen LogP contribution in [-0.4, -0.2) is 68.2 Å². The topological polar surface area (TPSA) is 78.0 Å². The number of aliphatic imine (C=N–C) groups is 1. The van der Waals surface area contributed by atoms with Crippen LogP contribution in [0.2, 0.25) is 0 Å². The van der Waals surface area contributed by atoms with E-state index >= 15 is 0 Å². The fourth-order valence-corrected chi connectivity index (χ4v) is 4.67. The third kappa shape index (κ3) is 8.10. The van der Waals surface area contributed by atoms with Crippen molar-refractivity contribution in [2.45, 2.75) is 64.1 Å². The van der Waals surface area contributed by atoms with Gasteiger partial charge in [-0.2, -0.15) is 0 Å². The quantitative estimate of drug-likeness (QED) is 0.266. The first-order valence-electron chi connectivity index (χ1n) is 12.1. The summed E-state index contributed by atoms with van der Waals surface area (Å²) < 4.78 is 5.67. The zero-order valence-corrected chi connectivity index (χ0v) is 22.9. The maximum Gasteiger partial charge on any atom is 0.225 e. The number of hydrogen-bond acceptors (Lipinski definition) is 4. The minimum atomic E-state index is -0.0435. The minimum Gasteiger partial charge on any atom is -0.381 e. The van der Waals surface area contributed by atoms with E-state index in [0.29, 0.717) is 6.04 Å². The molecule has 0 aromatic heterocycles. The normalized spacial score (nSPS) is 20.2. The summed E-state index contributed by atoms with van der Waals surface area (Å²) in [4.78, 5) is 18.7. The Morgan fingerprint density at radius 2 is 1.79 bits per heavy atom. The Morgan fingerprint density at radius 1 is 1.15 bits per heavy atom. The lowest BCUT2D eigenvalue weighted by atomic mass is 9.88. The zero-order valence-electron chi connectivity index (χ0n) is 20.6. The Morgan fingerprint density at radius 3 is 2.36 bits per heavy atom. The van der Waals surface area contributed by atoms with Gasteiger partial charge in [0.1, 0.15) is 0 Å². The van der Waals surface area contributed by atoms with Gasteiger partial charge in [0.15, 0.2) is 5.96 Å². The number of likely N-dealkylation sites (tertiary alicyclic amines) is 1. The first kappa shape index (κ1) is 27.9. The lowest BCUT2D eigenvalue weighted by Gasteiger charge is -2.41. The third-order valence-electron chi connectivity index (χ3n) is 6.73. The second-order valence-corrected chi connectivity index (χ2v) is 9.49. The molecule has 8 heteroatoms. The van der Waals surface area contributed by atoms with Crippen molar-refractivity contribution in [1.29, 1.82) is 0 Å². The number of ether oxygens (including phenoxy) is 1. The van der Waals surface area contributed by atoms with Gasteiger partial charge in [0.05, 0.1) is 0 Å². The summed E-state index contributed by atoms with van der Waals surface area (Å²) in [6.45, 7) is 10.1. The maximum absolute atomic E-state index is 12.2. The summed E-state index contributed by atoms with van der Waals surface area (Å²) in [7, 11) is 1.82. The fourth-order valence-electron chi connectivity index (χ4n) is 4.67. The standard InChI is InChI=1S/C25H41N5O2.HI/c1-19(2)23(31)30-14-10-22(11-15-30)28-24(26-4)27-18-25(12-16-32-17-13-25)29-20(3)21-8-6-5-7-9-21;/h5-9,19-20,22,29H,10-18H2,1-4H3,(H2,26,27,28);1H. The number of halogens is 1. The summed E-state index contributed by atoms with van der Waals surface area (Å²) in [5, 5.41) is 11.0. The van der Waals surface area contributed by atoms with Gasteiger partial charge >= 0.3 is 0 Å². The first-order chi connectivity index (χ1) is 15.4. The second kappa shape index (κ2) is 13.5. The van der Waals surface area contributed by atoms with Crippen LogP contribution in [0.15, 0.2) is 35.3 Å². The number of hydrogen-bond donors (Lipinski definition) is 3. The molecular formula is C25H42IN5O2. The molecule has 2 heterocycles. The van der Waals surface area contributed by atoms with Crippen LogP contribution in [0, 0.1) is 5.92 Å². The molecule has 2 aliphatic rings. The number of nitrogens with zero attached hydrogens (tertiary/aromatic N) is 2. The van der Waals surface area contributed by atoms with E-state index in [1.807, 2.05) is 25.8 Å². The van der Waals surface area contributed by atoms with E-state index in [2.05, 4.69) is 58.2 Å². The third-order valence-corrected chi connectivity index (χ3v) is 6.73. The van der Waals surface area contributed by atoms with Crippen LogP contribution in [0.3, 0.4) is 0 Å². The largest absolute Gasteiger partial charge is 0.381 e. The Balaban J connectivity index is 0.00000385. The molecule has 1 aromatic carbocycles. The number of carbonyl (C=O) groups is 1. The highest BCUT2D eigenvalue weighted by Gasteiger charge is 2.34. The molecule has 0 bridgehead atoms. The van der Waals surface area contributed by atoms with E-state index in [4.69, 9.17) is 4.74 Å². The summed E-state index contributed by atoms with van der Waals surface area (Å²) in [5.74, 6) is 1.15. The number of carbonyl (C=O) groups excluding carboxylic acids is 1. The van der Waals surface area contributed by atoms with Crippen LogP contribution in [0.1, 0.15) is 58.1 Å². The Kier molecular flexibility index (Phi) is 11.4. The molecule has 0 saturated carbocycles. The molecule has 3 rings (SSSR count). The van der Waals surface area contributed by atoms with E-state index in [1.54, 1.807) is 0 Å². The summed E-state index contributed by atoms with van der Waals surface area (Å²) in [5.41, 5.74) is 1.25. The van der Waals surface area contributed by atoms with E-state index < -0.39 is 0 Å². The molecule has 2 fully saturated rings. The lowest BCUT2D eigenvalue weighted by molar-refractivity contribution is -0.135. The number of amides is 1. The monoisotopic (exact) mass is 571 g/mol. The van der Waals surface area contributed by atoms with Crippen LogP contribution < -0.4 is 16.0 Å². The van der Waals surface area contributed by atoms with Gasteiger partial charge in [0, 0.05) is 63.4 Å². The molecule has 1 aromatic rings. The molecule has 33 heavy (non-hydrogen) atoms. The predicted molar refractivity (Wildman–Crippen MR) is 145 cm³/mol. The molecule has 2 aliphatic heterocycles. The minimum absolute atomic E-state index is 0. The van der Waals surface area contributed by atoms with Gasteiger partial charge in [-0.15, -0.1) is 24.0 Å². The maximum atomic E-state index is 12.2. The van der Waals surface area contributed by atoms with Gasteiger partial charge in [-0.05, 0) is 38.2 Å². The Labute approximate surface area is 216 Å². The highest BCUT2D eigenvalue weighted by Crippen LogP contribution is 2.25. The van der Waals surface area contributed by atoms with E-state index in [1.165, 1.54) is 5.56 Å². The van der Waals surface area contributed by atoms with Crippen molar-refractivity contribution in [3.8, 4) is 0 Å². The molecular weight excluding hydrogens is 529 g/mol.